The lowest BCUT2D eigenvalue weighted by atomic mass is 10.1. The molecule has 0 bridgehead atoms. The van der Waals surface area contributed by atoms with Gasteiger partial charge in [-0.2, -0.15) is 0 Å². The SMILES string of the molecule is CCOc1cc(-c2ccc(C)nc2)nc2cc(C(=O)NCC/C(=C/N)C(C)=N)ccc12. The average Bonchev–Trinajstić information content (AvgIpc) is 2.76. The predicted octanol–water partition coefficient (Wildman–Crippen LogP) is 4.01. The maximum absolute atomic E-state index is 12.6. The summed E-state index contributed by atoms with van der Waals surface area (Å²) in [6.45, 7) is 6.46. The van der Waals surface area contributed by atoms with Crippen molar-refractivity contribution in [3.8, 4) is 17.0 Å². The number of hydrogen-bond acceptors (Lipinski definition) is 6. The van der Waals surface area contributed by atoms with E-state index in [-0.39, 0.29) is 5.91 Å². The number of hydrogen-bond donors (Lipinski definition) is 3. The van der Waals surface area contributed by atoms with Crippen LogP contribution in [0, 0.1) is 12.3 Å². The molecule has 1 aromatic carbocycles. The van der Waals surface area contributed by atoms with E-state index >= 15 is 0 Å². The number of aryl methyl sites for hydroxylation is 1. The van der Waals surface area contributed by atoms with E-state index in [9.17, 15) is 4.79 Å². The summed E-state index contributed by atoms with van der Waals surface area (Å²) < 4.78 is 5.83. The van der Waals surface area contributed by atoms with Gasteiger partial charge in [0, 0.05) is 46.7 Å². The third-order valence-electron chi connectivity index (χ3n) is 4.90. The number of pyridine rings is 2. The summed E-state index contributed by atoms with van der Waals surface area (Å²) in [5.41, 5.74) is 10.4. The van der Waals surface area contributed by atoms with Crippen molar-refractivity contribution >= 4 is 22.5 Å². The summed E-state index contributed by atoms with van der Waals surface area (Å²) in [4.78, 5) is 21.7. The van der Waals surface area contributed by atoms with E-state index < -0.39 is 0 Å². The lowest BCUT2D eigenvalue weighted by Gasteiger charge is -2.12. The van der Waals surface area contributed by atoms with Gasteiger partial charge in [0.2, 0.25) is 0 Å². The number of fused-ring (bicyclic) bond motifs is 1. The highest BCUT2D eigenvalue weighted by molar-refractivity contribution is 5.99. The highest BCUT2D eigenvalue weighted by Gasteiger charge is 2.13. The van der Waals surface area contributed by atoms with Crippen molar-refractivity contribution < 1.29 is 9.53 Å². The average molecular weight is 418 g/mol. The van der Waals surface area contributed by atoms with Gasteiger partial charge in [0.05, 0.1) is 17.8 Å². The van der Waals surface area contributed by atoms with Crippen LogP contribution in [0.25, 0.3) is 22.2 Å². The molecule has 0 aliphatic rings. The number of ether oxygens (including phenoxy) is 1. The van der Waals surface area contributed by atoms with Gasteiger partial charge in [-0.15, -0.1) is 0 Å². The van der Waals surface area contributed by atoms with Crippen LogP contribution in [-0.4, -0.2) is 34.7 Å². The molecule has 3 rings (SSSR count). The first-order chi connectivity index (χ1) is 14.9. The summed E-state index contributed by atoms with van der Waals surface area (Å²) in [7, 11) is 0. The van der Waals surface area contributed by atoms with Crippen molar-refractivity contribution in [1.29, 1.82) is 5.41 Å². The standard InChI is InChI=1S/C24H27N5O2/c1-4-31-23-12-21(19-6-5-15(2)28-14-19)29-22-11-17(7-8-20(22)23)24(30)27-10-9-18(13-25)16(3)26/h5-8,11-14,26H,4,9-10,25H2,1-3H3,(H,27,30)/b18-13-,26-16?. The summed E-state index contributed by atoms with van der Waals surface area (Å²) in [5.74, 6) is 0.511. The maximum atomic E-state index is 12.6. The zero-order valence-corrected chi connectivity index (χ0v) is 18.0. The smallest absolute Gasteiger partial charge is 0.251 e. The Morgan fingerprint density at radius 1 is 1.26 bits per heavy atom. The van der Waals surface area contributed by atoms with Crippen LogP contribution in [0.1, 0.15) is 36.3 Å². The van der Waals surface area contributed by atoms with Crippen LogP contribution < -0.4 is 15.8 Å². The summed E-state index contributed by atoms with van der Waals surface area (Å²) in [6.07, 6.45) is 3.69. The number of amides is 1. The van der Waals surface area contributed by atoms with Crippen LogP contribution >= 0.6 is 0 Å². The molecule has 0 aliphatic carbocycles. The van der Waals surface area contributed by atoms with Gasteiger partial charge >= 0.3 is 0 Å². The number of carbonyl (C=O) groups is 1. The Bertz CT molecular complexity index is 1140. The normalized spacial score (nSPS) is 11.4. The van der Waals surface area contributed by atoms with Crippen molar-refractivity contribution in [1.82, 2.24) is 15.3 Å². The van der Waals surface area contributed by atoms with Gasteiger partial charge < -0.3 is 21.2 Å². The van der Waals surface area contributed by atoms with Crippen molar-refractivity contribution in [3.05, 3.63) is 65.6 Å². The second kappa shape index (κ2) is 9.84. The number of nitrogens with two attached hydrogens (primary N) is 1. The quantitative estimate of drug-likeness (QED) is 0.479. The molecule has 31 heavy (non-hydrogen) atoms. The fourth-order valence-corrected chi connectivity index (χ4v) is 3.19. The highest BCUT2D eigenvalue weighted by Crippen LogP contribution is 2.30. The van der Waals surface area contributed by atoms with Crippen molar-refractivity contribution in [3.63, 3.8) is 0 Å². The summed E-state index contributed by atoms with van der Waals surface area (Å²) >= 11 is 0. The van der Waals surface area contributed by atoms with Gasteiger partial charge in [-0.05, 0) is 69.3 Å². The largest absolute Gasteiger partial charge is 0.493 e. The Balaban J connectivity index is 1.89. The molecule has 0 aliphatic heterocycles. The zero-order chi connectivity index (χ0) is 22.4. The molecule has 1 amide bonds. The van der Waals surface area contributed by atoms with Crippen molar-refractivity contribution in [2.24, 2.45) is 5.73 Å². The fraction of sp³-hybridized carbons (Fsp3) is 0.250. The van der Waals surface area contributed by atoms with E-state index in [1.165, 1.54) is 6.20 Å². The second-order valence-electron chi connectivity index (χ2n) is 7.18. The van der Waals surface area contributed by atoms with Crippen LogP contribution in [0.15, 0.2) is 54.4 Å². The van der Waals surface area contributed by atoms with Crippen LogP contribution in [0.3, 0.4) is 0 Å². The molecule has 0 atom stereocenters. The minimum Gasteiger partial charge on any atom is -0.493 e. The Morgan fingerprint density at radius 3 is 2.71 bits per heavy atom. The fourth-order valence-electron chi connectivity index (χ4n) is 3.19. The topological polar surface area (TPSA) is 114 Å². The minimum absolute atomic E-state index is 0.205. The van der Waals surface area contributed by atoms with E-state index in [1.807, 2.05) is 38.1 Å². The Kier molecular flexibility index (Phi) is 6.97. The molecule has 0 unspecified atom stereocenters. The lowest BCUT2D eigenvalue weighted by Crippen LogP contribution is -2.25. The number of benzene rings is 1. The van der Waals surface area contributed by atoms with Gasteiger partial charge in [0.1, 0.15) is 5.75 Å². The van der Waals surface area contributed by atoms with Crippen LogP contribution in [0.4, 0.5) is 0 Å². The summed E-state index contributed by atoms with van der Waals surface area (Å²) in [5, 5.41) is 11.4. The first-order valence-electron chi connectivity index (χ1n) is 10.2. The van der Waals surface area contributed by atoms with Crippen molar-refractivity contribution in [2.45, 2.75) is 27.2 Å². The second-order valence-corrected chi connectivity index (χ2v) is 7.18. The van der Waals surface area contributed by atoms with Crippen LogP contribution in [-0.2, 0) is 0 Å². The molecule has 0 saturated carbocycles. The number of rotatable bonds is 8. The first-order valence-corrected chi connectivity index (χ1v) is 10.2. The molecule has 4 N–H and O–H groups in total. The number of carbonyl (C=O) groups excluding carboxylic acids is 1. The number of nitrogens with zero attached hydrogens (tertiary/aromatic N) is 2. The molecule has 3 aromatic rings. The molecule has 7 heteroatoms. The van der Waals surface area contributed by atoms with Gasteiger partial charge in [0.25, 0.3) is 5.91 Å². The molecule has 0 fully saturated rings. The van der Waals surface area contributed by atoms with Crippen LogP contribution in [0.5, 0.6) is 5.75 Å². The Hall–Kier alpha value is -3.74. The monoisotopic (exact) mass is 417 g/mol. The maximum Gasteiger partial charge on any atom is 0.251 e. The lowest BCUT2D eigenvalue weighted by molar-refractivity contribution is 0.0954. The molecule has 7 nitrogen and oxygen atoms in total. The number of aromatic nitrogens is 2. The van der Waals surface area contributed by atoms with E-state index in [2.05, 4.69) is 10.3 Å². The van der Waals surface area contributed by atoms with Crippen LogP contribution in [0.2, 0.25) is 0 Å². The minimum atomic E-state index is -0.205. The first kappa shape index (κ1) is 22.0. The highest BCUT2D eigenvalue weighted by atomic mass is 16.5. The third kappa shape index (κ3) is 5.25. The molecular weight excluding hydrogens is 390 g/mol. The molecular formula is C24H27N5O2. The van der Waals surface area contributed by atoms with E-state index in [0.29, 0.717) is 47.7 Å². The molecule has 2 heterocycles. The third-order valence-corrected chi connectivity index (χ3v) is 4.90. The van der Waals surface area contributed by atoms with E-state index in [4.69, 9.17) is 20.9 Å². The van der Waals surface area contributed by atoms with E-state index in [1.54, 1.807) is 25.3 Å². The van der Waals surface area contributed by atoms with Crippen molar-refractivity contribution in [2.75, 3.05) is 13.2 Å². The van der Waals surface area contributed by atoms with E-state index in [0.717, 1.165) is 22.3 Å². The molecule has 160 valence electrons. The summed E-state index contributed by atoms with van der Waals surface area (Å²) in [6, 6.07) is 11.2. The number of nitrogens with one attached hydrogen (secondary N) is 2. The predicted molar refractivity (Wildman–Crippen MR) is 124 cm³/mol. The molecule has 0 radical (unpaired) electrons. The zero-order valence-electron chi connectivity index (χ0n) is 18.0. The molecule has 0 spiro atoms. The van der Waals surface area contributed by atoms with Gasteiger partial charge in [-0.3, -0.25) is 9.78 Å². The Morgan fingerprint density at radius 2 is 2.06 bits per heavy atom. The Labute approximate surface area is 181 Å². The van der Waals surface area contributed by atoms with Gasteiger partial charge in [0.15, 0.2) is 0 Å². The molecule has 0 saturated heterocycles. The van der Waals surface area contributed by atoms with Gasteiger partial charge in [-0.25, -0.2) is 4.98 Å². The van der Waals surface area contributed by atoms with Gasteiger partial charge in [-0.1, -0.05) is 0 Å². The molecule has 2 aromatic heterocycles.